The largest absolute Gasteiger partial charge is 0.311 e. The molecule has 0 unspecified atom stereocenters. The van der Waals surface area contributed by atoms with E-state index in [0.29, 0.717) is 0 Å². The van der Waals surface area contributed by atoms with Crippen LogP contribution in [-0.2, 0) is 0 Å². The van der Waals surface area contributed by atoms with Crippen LogP contribution in [-0.4, -0.2) is 0 Å². The second-order valence-corrected chi connectivity index (χ2v) is 10.1. The quantitative estimate of drug-likeness (QED) is 0.189. The minimum Gasteiger partial charge on any atom is -0.311 e. The average Bonchev–Trinajstić information content (AvgIpc) is 3.04. The molecule has 0 N–H and O–H groups in total. The van der Waals surface area contributed by atoms with Crippen molar-refractivity contribution in [2.45, 2.75) is 13.8 Å². The lowest BCUT2D eigenvalue weighted by Crippen LogP contribution is -2.09. The maximum absolute atomic E-state index is 3.53. The Labute approximate surface area is 246 Å². The summed E-state index contributed by atoms with van der Waals surface area (Å²) in [6.45, 7) is 4.00. The molecule has 0 atom stereocenters. The third-order valence-corrected chi connectivity index (χ3v) is 7.30. The zero-order valence-corrected chi connectivity index (χ0v) is 24.4. The predicted octanol–water partition coefficient (Wildman–Crippen LogP) is 11.9. The second kappa shape index (κ2) is 13.1. The summed E-state index contributed by atoms with van der Waals surface area (Å²) in [7, 11) is 0. The number of rotatable bonds is 6. The van der Waals surface area contributed by atoms with Gasteiger partial charge in [0.05, 0.1) is 0 Å². The fourth-order valence-electron chi connectivity index (χ4n) is 4.76. The molecule has 0 heterocycles. The lowest BCUT2D eigenvalue weighted by atomic mass is 10.0. The molecule has 0 radical (unpaired) electrons. The van der Waals surface area contributed by atoms with Crippen molar-refractivity contribution in [3.8, 4) is 33.4 Å². The number of halogens is 1. The van der Waals surface area contributed by atoms with Gasteiger partial charge in [-0.1, -0.05) is 139 Å². The number of nitrogens with zero attached hydrogens (tertiary/aromatic N) is 1. The van der Waals surface area contributed by atoms with E-state index in [1.54, 1.807) is 0 Å². The molecule has 6 aromatic carbocycles. The standard InChI is InChI=1S/C36H26BrN.C2H6/c37-33-19-11-29(12-20-33)32-17-25-36(26-18-32)38(34-21-13-30(14-22-34)27-7-3-1-4-8-27)35-23-15-31(16-24-35)28-9-5-2-6-10-28;1-2/h1-26H;1-2H3. The zero-order chi connectivity index (χ0) is 27.7. The van der Waals surface area contributed by atoms with Crippen LogP contribution in [0.25, 0.3) is 33.4 Å². The van der Waals surface area contributed by atoms with E-state index in [9.17, 15) is 0 Å². The van der Waals surface area contributed by atoms with Gasteiger partial charge in [0.25, 0.3) is 0 Å². The summed E-state index contributed by atoms with van der Waals surface area (Å²) in [4.78, 5) is 2.31. The van der Waals surface area contributed by atoms with Crippen LogP contribution < -0.4 is 4.90 Å². The number of hydrogen-bond acceptors (Lipinski definition) is 1. The first-order valence-electron chi connectivity index (χ1n) is 13.7. The Morgan fingerprint density at radius 1 is 0.325 bits per heavy atom. The van der Waals surface area contributed by atoms with E-state index >= 15 is 0 Å². The highest BCUT2D eigenvalue weighted by Gasteiger charge is 2.13. The van der Waals surface area contributed by atoms with Crippen molar-refractivity contribution in [1.29, 1.82) is 0 Å². The molecule has 6 aromatic rings. The maximum atomic E-state index is 3.53. The summed E-state index contributed by atoms with van der Waals surface area (Å²) in [5.74, 6) is 0. The van der Waals surface area contributed by atoms with E-state index in [-0.39, 0.29) is 0 Å². The summed E-state index contributed by atoms with van der Waals surface area (Å²) in [6, 6.07) is 55.9. The molecule has 40 heavy (non-hydrogen) atoms. The van der Waals surface area contributed by atoms with Gasteiger partial charge < -0.3 is 4.90 Å². The first-order chi connectivity index (χ1) is 19.7. The van der Waals surface area contributed by atoms with Gasteiger partial charge in [-0.25, -0.2) is 0 Å². The summed E-state index contributed by atoms with van der Waals surface area (Å²) in [6.07, 6.45) is 0. The van der Waals surface area contributed by atoms with Crippen molar-refractivity contribution < 1.29 is 0 Å². The molecule has 0 amide bonds. The molecular formula is C38H32BrN. The van der Waals surface area contributed by atoms with E-state index in [1.807, 2.05) is 13.8 Å². The fourth-order valence-corrected chi connectivity index (χ4v) is 5.02. The highest BCUT2D eigenvalue weighted by molar-refractivity contribution is 9.10. The number of benzene rings is 6. The first kappa shape index (κ1) is 27.2. The maximum Gasteiger partial charge on any atom is 0.0462 e. The minimum absolute atomic E-state index is 1.09. The number of anilines is 3. The van der Waals surface area contributed by atoms with Gasteiger partial charge in [-0.05, 0) is 81.9 Å². The molecule has 2 heteroatoms. The van der Waals surface area contributed by atoms with Crippen LogP contribution in [0.2, 0.25) is 0 Å². The molecule has 196 valence electrons. The summed E-state index contributed by atoms with van der Waals surface area (Å²) in [5.41, 5.74) is 10.6. The van der Waals surface area contributed by atoms with Crippen LogP contribution in [0.1, 0.15) is 13.8 Å². The molecule has 1 nitrogen and oxygen atoms in total. The Bertz CT molecular complexity index is 1520. The van der Waals surface area contributed by atoms with Crippen molar-refractivity contribution in [1.82, 2.24) is 0 Å². The Balaban J connectivity index is 0.00000158. The van der Waals surface area contributed by atoms with Gasteiger partial charge >= 0.3 is 0 Å². The predicted molar refractivity (Wildman–Crippen MR) is 176 cm³/mol. The van der Waals surface area contributed by atoms with Gasteiger partial charge in [-0.15, -0.1) is 0 Å². The van der Waals surface area contributed by atoms with Gasteiger partial charge in [0.1, 0.15) is 0 Å². The van der Waals surface area contributed by atoms with Gasteiger partial charge in [0.15, 0.2) is 0 Å². The highest BCUT2D eigenvalue weighted by atomic mass is 79.9. The molecule has 6 rings (SSSR count). The summed E-state index contributed by atoms with van der Waals surface area (Å²) < 4.78 is 1.09. The van der Waals surface area contributed by atoms with Crippen LogP contribution in [0.15, 0.2) is 162 Å². The fraction of sp³-hybridized carbons (Fsp3) is 0.0526. The molecule has 0 aliphatic rings. The Morgan fingerprint density at radius 2 is 0.575 bits per heavy atom. The number of hydrogen-bond donors (Lipinski definition) is 0. The second-order valence-electron chi connectivity index (χ2n) is 9.21. The van der Waals surface area contributed by atoms with Crippen LogP contribution in [0, 0.1) is 0 Å². The molecule has 0 aromatic heterocycles. The minimum atomic E-state index is 1.09. The summed E-state index contributed by atoms with van der Waals surface area (Å²) >= 11 is 3.53. The van der Waals surface area contributed by atoms with E-state index in [4.69, 9.17) is 0 Å². The average molecular weight is 583 g/mol. The third kappa shape index (κ3) is 6.25. The van der Waals surface area contributed by atoms with Crippen molar-refractivity contribution in [3.05, 3.63) is 162 Å². The van der Waals surface area contributed by atoms with Crippen LogP contribution >= 0.6 is 15.9 Å². The third-order valence-electron chi connectivity index (χ3n) is 6.77. The van der Waals surface area contributed by atoms with Crippen molar-refractivity contribution in [2.75, 3.05) is 4.90 Å². The Hall–Kier alpha value is -4.40. The normalized spacial score (nSPS) is 10.4. The van der Waals surface area contributed by atoms with Gasteiger partial charge in [0.2, 0.25) is 0 Å². The topological polar surface area (TPSA) is 3.24 Å². The van der Waals surface area contributed by atoms with Gasteiger partial charge in [-0.3, -0.25) is 0 Å². The molecule has 0 bridgehead atoms. The Kier molecular flexibility index (Phi) is 8.90. The molecule has 0 saturated carbocycles. The van der Waals surface area contributed by atoms with Gasteiger partial charge in [0, 0.05) is 21.5 Å². The SMILES string of the molecule is Brc1ccc(-c2ccc(N(c3ccc(-c4ccccc4)cc3)c3ccc(-c4ccccc4)cc3)cc2)cc1.CC. The first-order valence-corrected chi connectivity index (χ1v) is 14.5. The molecule has 0 aliphatic heterocycles. The monoisotopic (exact) mass is 581 g/mol. The molecular weight excluding hydrogens is 550 g/mol. The molecule has 0 saturated heterocycles. The van der Waals surface area contributed by atoms with E-state index in [1.165, 1.54) is 33.4 Å². The summed E-state index contributed by atoms with van der Waals surface area (Å²) in [5, 5.41) is 0. The van der Waals surface area contributed by atoms with Crippen molar-refractivity contribution >= 4 is 33.0 Å². The van der Waals surface area contributed by atoms with E-state index in [2.05, 4.69) is 179 Å². The van der Waals surface area contributed by atoms with Crippen molar-refractivity contribution in [3.63, 3.8) is 0 Å². The van der Waals surface area contributed by atoms with Crippen LogP contribution in [0.4, 0.5) is 17.1 Å². The molecule has 0 fully saturated rings. The molecule has 0 spiro atoms. The van der Waals surface area contributed by atoms with Crippen LogP contribution in [0.5, 0.6) is 0 Å². The van der Waals surface area contributed by atoms with Crippen LogP contribution in [0.3, 0.4) is 0 Å². The van der Waals surface area contributed by atoms with Gasteiger partial charge in [-0.2, -0.15) is 0 Å². The highest BCUT2D eigenvalue weighted by Crippen LogP contribution is 2.37. The Morgan fingerprint density at radius 3 is 0.875 bits per heavy atom. The molecule has 0 aliphatic carbocycles. The lowest BCUT2D eigenvalue weighted by Gasteiger charge is -2.26. The van der Waals surface area contributed by atoms with E-state index < -0.39 is 0 Å². The van der Waals surface area contributed by atoms with Crippen molar-refractivity contribution in [2.24, 2.45) is 0 Å². The smallest absolute Gasteiger partial charge is 0.0462 e. The van der Waals surface area contributed by atoms with E-state index in [0.717, 1.165) is 21.5 Å². The zero-order valence-electron chi connectivity index (χ0n) is 22.8. The lowest BCUT2D eigenvalue weighted by molar-refractivity contribution is 1.28.